The number of aliphatic hydroxyl groups excluding tert-OH is 1. The first kappa shape index (κ1) is 20.4. The number of fused-ring (bicyclic) bond motifs is 1. The molecule has 0 spiro atoms. The van der Waals surface area contributed by atoms with Gasteiger partial charge in [-0.2, -0.15) is 5.26 Å². The van der Waals surface area contributed by atoms with Crippen molar-refractivity contribution in [3.8, 4) is 11.8 Å². The molecule has 0 saturated carbocycles. The van der Waals surface area contributed by atoms with Crippen LogP contribution in [0.5, 0.6) is 5.75 Å². The number of nitriles is 1. The van der Waals surface area contributed by atoms with Crippen molar-refractivity contribution < 1.29 is 9.84 Å². The van der Waals surface area contributed by atoms with Crippen LogP contribution in [-0.2, 0) is 7.05 Å². The molecule has 0 amide bonds. The van der Waals surface area contributed by atoms with Gasteiger partial charge in [0.25, 0.3) is 5.56 Å². The first-order valence-corrected chi connectivity index (χ1v) is 8.91. The molecule has 0 atom stereocenters. The zero-order valence-electron chi connectivity index (χ0n) is 15.6. The number of hydrogen-bond donors (Lipinski definition) is 2. The smallest absolute Gasteiger partial charge is 0.253 e. The van der Waals surface area contributed by atoms with Crippen LogP contribution in [0.4, 0.5) is 5.69 Å². The second-order valence-corrected chi connectivity index (χ2v) is 6.49. The summed E-state index contributed by atoms with van der Waals surface area (Å²) >= 11 is 1.41. The number of ether oxygens (including phenoxy) is 1. The monoisotopic (exact) mass is 383 g/mol. The summed E-state index contributed by atoms with van der Waals surface area (Å²) in [7, 11) is 4.36. The standard InChI is InChI=1S/C19H17N3O2S.CH4O/c1-12-8-14-10-15(5-6-16(14)22(2)19(12)23)21-25-18-7-4-13(11-20)9-17(18)24-3;1-2/h4-10,21H,1-3H3;2H,1H3. The van der Waals surface area contributed by atoms with Gasteiger partial charge in [-0.1, -0.05) is 0 Å². The molecule has 0 saturated heterocycles. The van der Waals surface area contributed by atoms with Crippen molar-refractivity contribution in [2.45, 2.75) is 11.8 Å². The molecule has 6 nitrogen and oxygen atoms in total. The van der Waals surface area contributed by atoms with Crippen molar-refractivity contribution in [1.29, 1.82) is 5.26 Å². The van der Waals surface area contributed by atoms with E-state index in [9.17, 15) is 4.79 Å². The topological polar surface area (TPSA) is 87.3 Å². The Hall–Kier alpha value is -2.95. The van der Waals surface area contributed by atoms with Gasteiger partial charge in [-0.15, -0.1) is 0 Å². The third kappa shape index (κ3) is 4.42. The van der Waals surface area contributed by atoms with Crippen LogP contribution in [0.1, 0.15) is 11.1 Å². The number of pyridine rings is 1. The number of aromatic nitrogens is 1. The first-order valence-electron chi connectivity index (χ1n) is 8.09. The van der Waals surface area contributed by atoms with Gasteiger partial charge in [0, 0.05) is 30.8 Å². The Morgan fingerprint density at radius 2 is 1.93 bits per heavy atom. The number of anilines is 1. The molecule has 1 aromatic heterocycles. The number of nitrogens with one attached hydrogen (secondary N) is 1. The Balaban J connectivity index is 0.00000126. The number of aryl methyl sites for hydroxylation is 2. The number of methoxy groups -OCH3 is 1. The largest absolute Gasteiger partial charge is 0.495 e. The predicted molar refractivity (Wildman–Crippen MR) is 109 cm³/mol. The van der Waals surface area contributed by atoms with Crippen LogP contribution in [0.15, 0.2) is 52.2 Å². The number of aliphatic hydroxyl groups is 1. The third-order valence-corrected chi connectivity index (χ3v) is 4.87. The molecular weight excluding hydrogens is 362 g/mol. The molecule has 3 aromatic rings. The van der Waals surface area contributed by atoms with Crippen molar-refractivity contribution in [2.75, 3.05) is 18.9 Å². The van der Waals surface area contributed by atoms with Crippen LogP contribution in [0.2, 0.25) is 0 Å². The zero-order chi connectivity index (χ0) is 20.0. The van der Waals surface area contributed by atoms with Gasteiger partial charge in [0.1, 0.15) is 5.75 Å². The van der Waals surface area contributed by atoms with Crippen molar-refractivity contribution in [3.05, 3.63) is 63.9 Å². The third-order valence-electron chi connectivity index (χ3n) is 3.97. The summed E-state index contributed by atoms with van der Waals surface area (Å²) in [5.74, 6) is 0.649. The van der Waals surface area contributed by atoms with Gasteiger partial charge >= 0.3 is 0 Å². The van der Waals surface area contributed by atoms with Crippen molar-refractivity contribution in [2.24, 2.45) is 7.05 Å². The highest BCUT2D eigenvalue weighted by Gasteiger charge is 2.07. The van der Waals surface area contributed by atoms with Crippen LogP contribution in [0, 0.1) is 18.3 Å². The molecule has 1 heterocycles. The molecule has 27 heavy (non-hydrogen) atoms. The summed E-state index contributed by atoms with van der Waals surface area (Å²) in [5.41, 5.74) is 3.10. The fourth-order valence-corrected chi connectivity index (χ4v) is 3.38. The molecule has 140 valence electrons. The molecule has 7 heteroatoms. The van der Waals surface area contributed by atoms with Gasteiger partial charge < -0.3 is 19.1 Å². The number of nitrogens with zero attached hydrogens (tertiary/aromatic N) is 2. The molecule has 0 aliphatic rings. The van der Waals surface area contributed by atoms with Gasteiger partial charge in [-0.3, -0.25) is 4.79 Å². The predicted octanol–water partition coefficient (Wildman–Crippen LogP) is 3.45. The van der Waals surface area contributed by atoms with Crippen molar-refractivity contribution >= 4 is 28.5 Å². The molecule has 0 fully saturated rings. The lowest BCUT2D eigenvalue weighted by Gasteiger charge is -2.12. The second-order valence-electron chi connectivity index (χ2n) is 5.65. The van der Waals surface area contributed by atoms with Crippen LogP contribution < -0.4 is 15.0 Å². The van der Waals surface area contributed by atoms with Crippen LogP contribution >= 0.6 is 11.9 Å². The Kier molecular flexibility index (Phi) is 6.88. The number of hydrogen-bond acceptors (Lipinski definition) is 6. The molecule has 0 unspecified atom stereocenters. The van der Waals surface area contributed by atoms with E-state index in [1.807, 2.05) is 37.3 Å². The van der Waals surface area contributed by atoms with Crippen LogP contribution in [-0.4, -0.2) is 23.9 Å². The van der Waals surface area contributed by atoms with Gasteiger partial charge in [0.15, 0.2) is 0 Å². The number of rotatable bonds is 4. The fourth-order valence-electron chi connectivity index (χ4n) is 2.64. The van der Waals surface area contributed by atoms with E-state index in [0.717, 1.165) is 28.6 Å². The Morgan fingerprint density at radius 1 is 1.19 bits per heavy atom. The molecule has 0 aliphatic heterocycles. The van der Waals surface area contributed by atoms with E-state index in [-0.39, 0.29) is 5.56 Å². The Morgan fingerprint density at radius 3 is 2.59 bits per heavy atom. The average molecular weight is 383 g/mol. The lowest BCUT2D eigenvalue weighted by Crippen LogP contribution is -2.19. The zero-order valence-corrected chi connectivity index (χ0v) is 16.4. The molecular formula is C20H21N3O3S. The maximum absolute atomic E-state index is 12.0. The van der Waals surface area contributed by atoms with E-state index in [1.165, 1.54) is 11.9 Å². The molecule has 0 aliphatic carbocycles. The van der Waals surface area contributed by atoms with E-state index < -0.39 is 0 Å². The maximum Gasteiger partial charge on any atom is 0.253 e. The summed E-state index contributed by atoms with van der Waals surface area (Å²) < 4.78 is 10.3. The summed E-state index contributed by atoms with van der Waals surface area (Å²) in [6, 6.07) is 15.2. The maximum atomic E-state index is 12.0. The van der Waals surface area contributed by atoms with E-state index in [4.69, 9.17) is 15.1 Å². The quantitative estimate of drug-likeness (QED) is 0.671. The fraction of sp³-hybridized carbons (Fsp3) is 0.200. The first-order chi connectivity index (χ1) is 13.0. The second kappa shape index (κ2) is 9.12. The minimum Gasteiger partial charge on any atom is -0.495 e. The summed E-state index contributed by atoms with van der Waals surface area (Å²) in [5, 5.41) is 17.0. The Labute approximate surface area is 162 Å². The SMILES string of the molecule is CO.COc1cc(C#N)ccc1SNc1ccc2c(c1)cc(C)c(=O)n2C. The van der Waals surface area contributed by atoms with Gasteiger partial charge in [0.2, 0.25) is 0 Å². The molecule has 3 rings (SSSR count). The summed E-state index contributed by atoms with van der Waals surface area (Å²) in [4.78, 5) is 12.9. The minimum atomic E-state index is 0.0184. The summed E-state index contributed by atoms with van der Waals surface area (Å²) in [6.07, 6.45) is 0. The van der Waals surface area contributed by atoms with Gasteiger partial charge in [-0.25, -0.2) is 0 Å². The molecule has 0 radical (unpaired) electrons. The van der Waals surface area contributed by atoms with E-state index in [2.05, 4.69) is 10.8 Å². The Bertz CT molecular complexity index is 1050. The van der Waals surface area contributed by atoms with Crippen molar-refractivity contribution in [3.63, 3.8) is 0 Å². The van der Waals surface area contributed by atoms with Gasteiger partial charge in [0.05, 0.1) is 29.2 Å². The minimum absolute atomic E-state index is 0.0184. The highest BCUT2D eigenvalue weighted by Crippen LogP contribution is 2.31. The molecule has 2 aromatic carbocycles. The van der Waals surface area contributed by atoms with Crippen molar-refractivity contribution in [1.82, 2.24) is 4.57 Å². The van der Waals surface area contributed by atoms with E-state index in [0.29, 0.717) is 16.9 Å². The average Bonchev–Trinajstić information content (AvgIpc) is 2.71. The number of benzene rings is 2. The van der Waals surface area contributed by atoms with Crippen LogP contribution in [0.25, 0.3) is 10.9 Å². The molecule has 2 N–H and O–H groups in total. The van der Waals surface area contributed by atoms with Gasteiger partial charge in [-0.05, 0) is 61.3 Å². The highest BCUT2D eigenvalue weighted by molar-refractivity contribution is 8.00. The normalized spacial score (nSPS) is 9.93. The molecule has 0 bridgehead atoms. The highest BCUT2D eigenvalue weighted by atomic mass is 32.2. The van der Waals surface area contributed by atoms with E-state index in [1.54, 1.807) is 30.9 Å². The summed E-state index contributed by atoms with van der Waals surface area (Å²) in [6.45, 7) is 1.82. The van der Waals surface area contributed by atoms with E-state index >= 15 is 0 Å². The lowest BCUT2D eigenvalue weighted by atomic mass is 10.1. The van der Waals surface area contributed by atoms with Crippen LogP contribution in [0.3, 0.4) is 0 Å². The lowest BCUT2D eigenvalue weighted by molar-refractivity contribution is 0.399.